The van der Waals surface area contributed by atoms with Gasteiger partial charge in [-0.05, 0) is 38.0 Å². The molecule has 0 saturated carbocycles. The number of nitrogens with zero attached hydrogens (tertiary/aromatic N) is 2. The van der Waals surface area contributed by atoms with E-state index in [0.29, 0.717) is 19.1 Å². The quantitative estimate of drug-likeness (QED) is 0.361. The first-order valence-electron chi connectivity index (χ1n) is 9.68. The molecule has 158 valence electrons. The van der Waals surface area contributed by atoms with E-state index in [1.807, 2.05) is 13.0 Å². The SMILES string of the molecule is CCNC(=NCCOCCS(C)(=O)=O)NC1CCCN(c2cccc(F)c2)C1. The van der Waals surface area contributed by atoms with Crippen molar-refractivity contribution in [3.63, 3.8) is 0 Å². The Bertz CT molecular complexity index is 742. The number of halogens is 1. The molecule has 0 radical (unpaired) electrons. The monoisotopic (exact) mass is 414 g/mol. The number of hydrogen-bond acceptors (Lipinski definition) is 5. The number of ether oxygens (including phenoxy) is 1. The van der Waals surface area contributed by atoms with Gasteiger partial charge in [-0.1, -0.05) is 6.07 Å². The van der Waals surface area contributed by atoms with Crippen molar-refractivity contribution in [2.45, 2.75) is 25.8 Å². The first-order chi connectivity index (χ1) is 13.4. The number of anilines is 1. The Hall–Kier alpha value is -1.87. The largest absolute Gasteiger partial charge is 0.378 e. The predicted molar refractivity (Wildman–Crippen MR) is 111 cm³/mol. The molecule has 1 unspecified atom stereocenters. The van der Waals surface area contributed by atoms with E-state index in [9.17, 15) is 12.8 Å². The average Bonchev–Trinajstić information content (AvgIpc) is 2.64. The molecule has 2 rings (SSSR count). The molecule has 0 spiro atoms. The molecule has 7 nitrogen and oxygen atoms in total. The van der Waals surface area contributed by atoms with Crippen molar-refractivity contribution >= 4 is 21.5 Å². The fraction of sp³-hybridized carbons (Fsp3) is 0.632. The van der Waals surface area contributed by atoms with Crippen LogP contribution in [0.15, 0.2) is 29.3 Å². The minimum absolute atomic E-state index is 0.0209. The smallest absolute Gasteiger partial charge is 0.191 e. The van der Waals surface area contributed by atoms with Gasteiger partial charge in [-0.15, -0.1) is 0 Å². The fourth-order valence-electron chi connectivity index (χ4n) is 3.05. The second-order valence-electron chi connectivity index (χ2n) is 6.91. The van der Waals surface area contributed by atoms with Crippen LogP contribution >= 0.6 is 0 Å². The molecule has 1 aliphatic heterocycles. The maximum Gasteiger partial charge on any atom is 0.191 e. The summed E-state index contributed by atoms with van der Waals surface area (Å²) in [7, 11) is -3.00. The van der Waals surface area contributed by atoms with Gasteiger partial charge in [-0.3, -0.25) is 4.99 Å². The highest BCUT2D eigenvalue weighted by atomic mass is 32.2. The molecule has 1 aliphatic rings. The second-order valence-corrected chi connectivity index (χ2v) is 9.17. The van der Waals surface area contributed by atoms with Crippen molar-refractivity contribution in [3.8, 4) is 0 Å². The van der Waals surface area contributed by atoms with Crippen LogP contribution < -0.4 is 15.5 Å². The van der Waals surface area contributed by atoms with Crippen LogP contribution in [0.5, 0.6) is 0 Å². The van der Waals surface area contributed by atoms with Gasteiger partial charge < -0.3 is 20.3 Å². The molecule has 1 atom stereocenters. The molecular weight excluding hydrogens is 383 g/mol. The third kappa shape index (κ3) is 8.43. The topological polar surface area (TPSA) is 83.0 Å². The number of benzene rings is 1. The van der Waals surface area contributed by atoms with Crippen molar-refractivity contribution in [3.05, 3.63) is 30.1 Å². The number of aliphatic imine (C=N–C) groups is 1. The minimum Gasteiger partial charge on any atom is -0.378 e. The molecule has 1 saturated heterocycles. The van der Waals surface area contributed by atoms with Crippen LogP contribution in [-0.2, 0) is 14.6 Å². The summed E-state index contributed by atoms with van der Waals surface area (Å²) in [6.45, 7) is 5.41. The van der Waals surface area contributed by atoms with Crippen LogP contribution in [0.4, 0.5) is 10.1 Å². The molecule has 0 bridgehead atoms. The lowest BCUT2D eigenvalue weighted by Crippen LogP contribution is -2.51. The number of sulfone groups is 1. The zero-order valence-electron chi connectivity index (χ0n) is 16.7. The Morgan fingerprint density at radius 2 is 2.21 bits per heavy atom. The summed E-state index contributed by atoms with van der Waals surface area (Å²) in [5.41, 5.74) is 0.896. The molecule has 0 aromatic heterocycles. The predicted octanol–water partition coefficient (Wildman–Crippen LogP) is 1.41. The Morgan fingerprint density at radius 3 is 2.93 bits per heavy atom. The van der Waals surface area contributed by atoms with Crippen LogP contribution in [0.25, 0.3) is 0 Å². The van der Waals surface area contributed by atoms with Gasteiger partial charge in [0.2, 0.25) is 0 Å². The minimum atomic E-state index is -3.00. The van der Waals surface area contributed by atoms with Crippen LogP contribution in [0, 0.1) is 5.82 Å². The number of guanidine groups is 1. The molecule has 1 fully saturated rings. The molecule has 28 heavy (non-hydrogen) atoms. The van der Waals surface area contributed by atoms with E-state index in [2.05, 4.69) is 20.5 Å². The first-order valence-corrected chi connectivity index (χ1v) is 11.7. The number of rotatable bonds is 9. The first kappa shape index (κ1) is 22.4. The van der Waals surface area contributed by atoms with E-state index in [4.69, 9.17) is 4.74 Å². The van der Waals surface area contributed by atoms with Crippen molar-refractivity contribution in [1.29, 1.82) is 0 Å². The van der Waals surface area contributed by atoms with E-state index in [0.717, 1.165) is 38.2 Å². The van der Waals surface area contributed by atoms with Crippen molar-refractivity contribution in [1.82, 2.24) is 10.6 Å². The van der Waals surface area contributed by atoms with Crippen LogP contribution in [0.3, 0.4) is 0 Å². The highest BCUT2D eigenvalue weighted by molar-refractivity contribution is 7.90. The van der Waals surface area contributed by atoms with Gasteiger partial charge in [0.1, 0.15) is 15.7 Å². The van der Waals surface area contributed by atoms with Gasteiger partial charge in [0.15, 0.2) is 5.96 Å². The lowest BCUT2D eigenvalue weighted by Gasteiger charge is -2.35. The van der Waals surface area contributed by atoms with Crippen LogP contribution in [0.2, 0.25) is 0 Å². The molecule has 1 aromatic carbocycles. The lowest BCUT2D eigenvalue weighted by molar-refractivity contribution is 0.157. The molecule has 2 N–H and O–H groups in total. The van der Waals surface area contributed by atoms with E-state index in [1.165, 1.54) is 12.3 Å². The standard InChI is InChI=1S/C19H31FN4O3S/c1-3-21-19(22-9-11-27-12-13-28(2,25)26)23-17-7-5-10-24(15-17)18-8-4-6-16(20)14-18/h4,6,8,14,17H,3,5,7,9-13,15H2,1-2H3,(H2,21,22,23). The maximum atomic E-state index is 13.5. The van der Waals surface area contributed by atoms with E-state index in [1.54, 1.807) is 12.1 Å². The molecular formula is C19H31FN4O3S. The summed E-state index contributed by atoms with van der Waals surface area (Å²) >= 11 is 0. The zero-order valence-corrected chi connectivity index (χ0v) is 17.5. The molecule has 9 heteroatoms. The Labute approximate surface area is 167 Å². The molecule has 0 aliphatic carbocycles. The Kier molecular flexibility index (Phi) is 8.98. The third-order valence-electron chi connectivity index (χ3n) is 4.38. The average molecular weight is 415 g/mol. The van der Waals surface area contributed by atoms with E-state index in [-0.39, 0.29) is 24.2 Å². The number of hydrogen-bond donors (Lipinski definition) is 2. The fourth-order valence-corrected chi connectivity index (χ4v) is 3.47. The molecule has 1 aromatic rings. The van der Waals surface area contributed by atoms with Crippen molar-refractivity contribution in [2.75, 3.05) is 56.3 Å². The summed E-state index contributed by atoms with van der Waals surface area (Å²) in [4.78, 5) is 6.68. The van der Waals surface area contributed by atoms with Gasteiger partial charge in [0, 0.05) is 37.6 Å². The van der Waals surface area contributed by atoms with E-state index >= 15 is 0 Å². The lowest BCUT2D eigenvalue weighted by atomic mass is 10.0. The highest BCUT2D eigenvalue weighted by Gasteiger charge is 2.21. The highest BCUT2D eigenvalue weighted by Crippen LogP contribution is 2.20. The summed E-state index contributed by atoms with van der Waals surface area (Å²) in [5, 5.41) is 6.66. The van der Waals surface area contributed by atoms with Gasteiger partial charge in [0.25, 0.3) is 0 Å². The van der Waals surface area contributed by atoms with Gasteiger partial charge in [0.05, 0.1) is 25.5 Å². The van der Waals surface area contributed by atoms with Crippen LogP contribution in [0.1, 0.15) is 19.8 Å². The normalized spacial score (nSPS) is 18.2. The number of piperidine rings is 1. The Balaban J connectivity index is 1.83. The van der Waals surface area contributed by atoms with Gasteiger partial charge in [-0.25, -0.2) is 12.8 Å². The number of nitrogens with one attached hydrogen (secondary N) is 2. The third-order valence-corrected chi connectivity index (χ3v) is 5.29. The van der Waals surface area contributed by atoms with Gasteiger partial charge >= 0.3 is 0 Å². The molecule has 1 heterocycles. The van der Waals surface area contributed by atoms with Crippen molar-refractivity contribution < 1.29 is 17.5 Å². The summed E-state index contributed by atoms with van der Waals surface area (Å²) < 4.78 is 41.0. The van der Waals surface area contributed by atoms with Crippen molar-refractivity contribution in [2.24, 2.45) is 4.99 Å². The van der Waals surface area contributed by atoms with Crippen LogP contribution in [-0.4, -0.2) is 71.8 Å². The Morgan fingerprint density at radius 1 is 1.39 bits per heavy atom. The summed E-state index contributed by atoms with van der Waals surface area (Å²) in [6.07, 6.45) is 3.22. The zero-order chi connectivity index (χ0) is 20.4. The second kappa shape index (κ2) is 11.2. The van der Waals surface area contributed by atoms with E-state index < -0.39 is 9.84 Å². The maximum absolute atomic E-state index is 13.5. The summed E-state index contributed by atoms with van der Waals surface area (Å²) in [6, 6.07) is 6.89. The summed E-state index contributed by atoms with van der Waals surface area (Å²) in [5.74, 6) is 0.506. The van der Waals surface area contributed by atoms with Gasteiger partial charge in [-0.2, -0.15) is 0 Å². The molecule has 0 amide bonds.